The van der Waals surface area contributed by atoms with Gasteiger partial charge in [-0.1, -0.05) is 17.3 Å². The molecule has 0 aromatic heterocycles. The summed E-state index contributed by atoms with van der Waals surface area (Å²) in [6, 6.07) is 7.65. The van der Waals surface area contributed by atoms with Gasteiger partial charge in [0.25, 0.3) is 0 Å². The van der Waals surface area contributed by atoms with Crippen molar-refractivity contribution < 1.29 is 9.94 Å². The van der Waals surface area contributed by atoms with E-state index in [0.29, 0.717) is 12.3 Å². The quantitative estimate of drug-likeness (QED) is 0.503. The molecule has 1 N–H and O–H groups in total. The second-order valence-electron chi connectivity index (χ2n) is 5.21. The van der Waals surface area contributed by atoms with Crippen molar-refractivity contribution in [2.75, 3.05) is 46.4 Å². The zero-order valence-electron chi connectivity index (χ0n) is 12.2. The van der Waals surface area contributed by atoms with Crippen molar-refractivity contribution in [1.29, 1.82) is 0 Å². The minimum Gasteiger partial charge on any atom is -0.492 e. The normalized spacial score (nSPS) is 18.2. The number of rotatable bonds is 5. The first-order valence-electron chi connectivity index (χ1n) is 7.02. The highest BCUT2D eigenvalue weighted by Crippen LogP contribution is 2.14. The minimum atomic E-state index is 0.592. The Labute approximate surface area is 120 Å². The van der Waals surface area contributed by atoms with Gasteiger partial charge in [-0.3, -0.25) is 4.90 Å². The largest absolute Gasteiger partial charge is 0.492 e. The molecule has 1 aliphatic rings. The van der Waals surface area contributed by atoms with Crippen LogP contribution in [-0.4, -0.2) is 67.1 Å². The molecule has 5 heteroatoms. The standard InChI is InChI=1S/C15H23N3O2/c1-13(16-19)14-4-3-5-15(12-14)20-11-10-18-8-6-17(2)7-9-18/h3-5,12,19H,6-11H2,1-2H3/b16-13+. The van der Waals surface area contributed by atoms with Gasteiger partial charge >= 0.3 is 0 Å². The number of likely N-dealkylation sites (N-methyl/N-ethyl adjacent to an activating group) is 1. The van der Waals surface area contributed by atoms with E-state index in [1.807, 2.05) is 24.3 Å². The molecule has 110 valence electrons. The van der Waals surface area contributed by atoms with Crippen LogP contribution in [0, 0.1) is 0 Å². The molecule has 5 nitrogen and oxygen atoms in total. The molecular formula is C15H23N3O2. The molecule has 0 unspecified atom stereocenters. The van der Waals surface area contributed by atoms with E-state index >= 15 is 0 Å². The minimum absolute atomic E-state index is 0.592. The van der Waals surface area contributed by atoms with Crippen molar-refractivity contribution in [1.82, 2.24) is 9.80 Å². The SMILES string of the molecule is C/C(=N\O)c1cccc(OCCN2CCN(C)CC2)c1. The number of oxime groups is 1. The number of piperazine rings is 1. The molecule has 1 aromatic rings. The molecule has 0 spiro atoms. The zero-order chi connectivity index (χ0) is 14.4. The fraction of sp³-hybridized carbons (Fsp3) is 0.533. The van der Waals surface area contributed by atoms with Crippen molar-refractivity contribution in [2.24, 2.45) is 5.16 Å². The number of ether oxygens (including phenoxy) is 1. The molecule has 0 radical (unpaired) electrons. The van der Waals surface area contributed by atoms with Crippen LogP contribution in [0.2, 0.25) is 0 Å². The van der Waals surface area contributed by atoms with E-state index in [1.54, 1.807) is 6.92 Å². The number of benzene rings is 1. The van der Waals surface area contributed by atoms with Gasteiger partial charge in [-0.25, -0.2) is 0 Å². The van der Waals surface area contributed by atoms with Crippen LogP contribution in [0.4, 0.5) is 0 Å². The summed E-state index contributed by atoms with van der Waals surface area (Å²) in [6.45, 7) is 7.87. The van der Waals surface area contributed by atoms with E-state index in [9.17, 15) is 0 Å². The molecule has 20 heavy (non-hydrogen) atoms. The summed E-state index contributed by atoms with van der Waals surface area (Å²) in [5.74, 6) is 0.819. The van der Waals surface area contributed by atoms with Gasteiger partial charge < -0.3 is 14.8 Å². The van der Waals surface area contributed by atoms with Crippen LogP contribution in [0.15, 0.2) is 29.4 Å². The maximum Gasteiger partial charge on any atom is 0.120 e. The van der Waals surface area contributed by atoms with Gasteiger partial charge in [-0.2, -0.15) is 0 Å². The molecule has 1 fully saturated rings. The molecule has 1 saturated heterocycles. The second kappa shape index (κ2) is 7.26. The van der Waals surface area contributed by atoms with Gasteiger partial charge in [0, 0.05) is 38.3 Å². The van der Waals surface area contributed by atoms with Crippen molar-refractivity contribution >= 4 is 5.71 Å². The molecule has 0 amide bonds. The average Bonchev–Trinajstić information content (AvgIpc) is 2.49. The van der Waals surface area contributed by atoms with Gasteiger partial charge in [-0.15, -0.1) is 0 Å². The van der Waals surface area contributed by atoms with Crippen LogP contribution in [0.25, 0.3) is 0 Å². The lowest BCUT2D eigenvalue weighted by Crippen LogP contribution is -2.45. The number of hydrogen-bond acceptors (Lipinski definition) is 5. The third kappa shape index (κ3) is 4.21. The van der Waals surface area contributed by atoms with Crippen LogP contribution in [-0.2, 0) is 0 Å². The van der Waals surface area contributed by atoms with E-state index in [2.05, 4.69) is 22.0 Å². The fourth-order valence-corrected chi connectivity index (χ4v) is 2.23. The predicted molar refractivity (Wildman–Crippen MR) is 79.9 cm³/mol. The summed E-state index contributed by atoms with van der Waals surface area (Å²) in [7, 11) is 2.16. The van der Waals surface area contributed by atoms with E-state index in [-0.39, 0.29) is 0 Å². The Balaban J connectivity index is 1.79. The lowest BCUT2D eigenvalue weighted by atomic mass is 10.1. The van der Waals surface area contributed by atoms with Gasteiger partial charge in [0.2, 0.25) is 0 Å². The van der Waals surface area contributed by atoms with E-state index in [1.165, 1.54) is 0 Å². The van der Waals surface area contributed by atoms with E-state index < -0.39 is 0 Å². The first-order valence-corrected chi connectivity index (χ1v) is 7.02. The third-order valence-corrected chi connectivity index (χ3v) is 3.67. The van der Waals surface area contributed by atoms with Crippen LogP contribution < -0.4 is 4.74 Å². The number of hydrogen-bond donors (Lipinski definition) is 1. The Hall–Kier alpha value is -1.59. The van der Waals surface area contributed by atoms with Crippen LogP contribution >= 0.6 is 0 Å². The third-order valence-electron chi connectivity index (χ3n) is 3.67. The van der Waals surface area contributed by atoms with Crippen LogP contribution in [0.5, 0.6) is 5.75 Å². The van der Waals surface area contributed by atoms with Gasteiger partial charge in [0.15, 0.2) is 0 Å². The summed E-state index contributed by atoms with van der Waals surface area (Å²) in [6.07, 6.45) is 0. The molecule has 2 rings (SSSR count). The Morgan fingerprint density at radius 1 is 1.30 bits per heavy atom. The highest BCUT2D eigenvalue weighted by atomic mass is 16.5. The average molecular weight is 277 g/mol. The Bertz CT molecular complexity index is 454. The first-order chi connectivity index (χ1) is 9.69. The maximum atomic E-state index is 8.78. The smallest absolute Gasteiger partial charge is 0.120 e. The molecule has 1 heterocycles. The van der Waals surface area contributed by atoms with Crippen molar-refractivity contribution in [2.45, 2.75) is 6.92 Å². The second-order valence-corrected chi connectivity index (χ2v) is 5.21. The van der Waals surface area contributed by atoms with E-state index in [0.717, 1.165) is 44.0 Å². The Kier molecular flexibility index (Phi) is 5.38. The van der Waals surface area contributed by atoms with Crippen molar-refractivity contribution in [3.8, 4) is 5.75 Å². The van der Waals surface area contributed by atoms with Gasteiger partial charge in [0.1, 0.15) is 12.4 Å². The summed E-state index contributed by atoms with van der Waals surface area (Å²) in [4.78, 5) is 4.77. The lowest BCUT2D eigenvalue weighted by molar-refractivity contribution is 0.134. The lowest BCUT2D eigenvalue weighted by Gasteiger charge is -2.32. The van der Waals surface area contributed by atoms with Crippen molar-refractivity contribution in [3.05, 3.63) is 29.8 Å². The fourth-order valence-electron chi connectivity index (χ4n) is 2.23. The van der Waals surface area contributed by atoms with E-state index in [4.69, 9.17) is 9.94 Å². The monoisotopic (exact) mass is 277 g/mol. The van der Waals surface area contributed by atoms with Gasteiger partial charge in [0.05, 0.1) is 5.71 Å². The topological polar surface area (TPSA) is 48.3 Å². The molecule has 0 saturated carbocycles. The molecule has 1 aliphatic heterocycles. The molecule has 0 atom stereocenters. The molecular weight excluding hydrogens is 254 g/mol. The Morgan fingerprint density at radius 2 is 2.05 bits per heavy atom. The summed E-state index contributed by atoms with van der Waals surface area (Å²) >= 11 is 0. The highest BCUT2D eigenvalue weighted by molar-refractivity contribution is 5.98. The molecule has 0 aliphatic carbocycles. The van der Waals surface area contributed by atoms with Crippen LogP contribution in [0.3, 0.4) is 0 Å². The zero-order valence-corrected chi connectivity index (χ0v) is 12.2. The molecule has 1 aromatic carbocycles. The maximum absolute atomic E-state index is 8.78. The summed E-state index contributed by atoms with van der Waals surface area (Å²) < 4.78 is 5.78. The van der Waals surface area contributed by atoms with Gasteiger partial charge in [-0.05, 0) is 26.1 Å². The Morgan fingerprint density at radius 3 is 2.75 bits per heavy atom. The predicted octanol–water partition coefficient (Wildman–Crippen LogP) is 1.51. The van der Waals surface area contributed by atoms with Crippen molar-refractivity contribution in [3.63, 3.8) is 0 Å². The van der Waals surface area contributed by atoms with Crippen LogP contribution in [0.1, 0.15) is 12.5 Å². The highest BCUT2D eigenvalue weighted by Gasteiger charge is 2.13. The molecule has 0 bridgehead atoms. The summed E-state index contributed by atoms with van der Waals surface area (Å²) in [5, 5.41) is 12.0. The summed E-state index contributed by atoms with van der Waals surface area (Å²) in [5.41, 5.74) is 1.47. The number of nitrogens with zero attached hydrogens (tertiary/aromatic N) is 3. The first kappa shape index (κ1) is 14.8.